The molecule has 1 aromatic rings. The second-order valence-corrected chi connectivity index (χ2v) is 6.73. The lowest BCUT2D eigenvalue weighted by Crippen LogP contribution is -2.24. The molecule has 4 nitrogen and oxygen atoms in total. The first kappa shape index (κ1) is 15.2. The Kier molecular flexibility index (Phi) is 4.63. The molecule has 1 fully saturated rings. The van der Waals surface area contributed by atoms with Crippen LogP contribution >= 0.6 is 0 Å². The van der Waals surface area contributed by atoms with Crippen molar-refractivity contribution in [1.29, 1.82) is 0 Å². The van der Waals surface area contributed by atoms with Gasteiger partial charge in [-0.15, -0.1) is 0 Å². The van der Waals surface area contributed by atoms with Gasteiger partial charge in [0, 0.05) is 31.7 Å². The Morgan fingerprint density at radius 3 is 2.65 bits per heavy atom. The van der Waals surface area contributed by atoms with Gasteiger partial charge in [-0.2, -0.15) is 0 Å². The van der Waals surface area contributed by atoms with E-state index >= 15 is 0 Å². The van der Waals surface area contributed by atoms with Crippen LogP contribution in [-0.4, -0.2) is 30.2 Å². The summed E-state index contributed by atoms with van der Waals surface area (Å²) in [5, 5.41) is 0. The van der Waals surface area contributed by atoms with Crippen molar-refractivity contribution in [1.82, 2.24) is 9.97 Å². The molecule has 1 aliphatic heterocycles. The van der Waals surface area contributed by atoms with Crippen molar-refractivity contribution in [2.75, 3.05) is 25.1 Å². The fourth-order valence-electron chi connectivity index (χ4n) is 2.58. The van der Waals surface area contributed by atoms with Gasteiger partial charge in [0.15, 0.2) is 0 Å². The minimum Gasteiger partial charge on any atom is -0.378 e. The van der Waals surface area contributed by atoms with E-state index in [9.17, 15) is 0 Å². The Balaban J connectivity index is 2.30. The van der Waals surface area contributed by atoms with Crippen molar-refractivity contribution in [2.45, 2.75) is 52.6 Å². The van der Waals surface area contributed by atoms with Crippen LogP contribution in [0.25, 0.3) is 0 Å². The average molecular weight is 277 g/mol. The highest BCUT2D eigenvalue weighted by molar-refractivity contribution is 5.41. The molecule has 1 aliphatic rings. The minimum absolute atomic E-state index is 0.0393. The molecular weight excluding hydrogens is 250 g/mol. The molecule has 0 aromatic carbocycles. The number of methoxy groups -OCH3 is 1. The molecule has 4 heteroatoms. The molecule has 1 saturated heterocycles. The van der Waals surface area contributed by atoms with Crippen LogP contribution in [0.3, 0.4) is 0 Å². The van der Waals surface area contributed by atoms with Crippen molar-refractivity contribution in [2.24, 2.45) is 5.92 Å². The highest BCUT2D eigenvalue weighted by atomic mass is 16.5. The molecule has 0 saturated carbocycles. The van der Waals surface area contributed by atoms with Gasteiger partial charge in [0.05, 0.1) is 12.3 Å². The summed E-state index contributed by atoms with van der Waals surface area (Å²) in [6.07, 6.45) is 2.52. The average Bonchev–Trinajstić information content (AvgIpc) is 2.86. The second kappa shape index (κ2) is 6.08. The van der Waals surface area contributed by atoms with E-state index in [0.29, 0.717) is 6.61 Å². The maximum Gasteiger partial charge on any atom is 0.136 e. The summed E-state index contributed by atoms with van der Waals surface area (Å²) in [6, 6.07) is 2.08. The molecule has 1 unspecified atom stereocenters. The Morgan fingerprint density at radius 2 is 2.10 bits per heavy atom. The first-order chi connectivity index (χ1) is 9.44. The third kappa shape index (κ3) is 3.48. The zero-order valence-electron chi connectivity index (χ0n) is 13.4. The summed E-state index contributed by atoms with van der Waals surface area (Å²) in [5.41, 5.74) is 0.935. The van der Waals surface area contributed by atoms with Gasteiger partial charge < -0.3 is 9.64 Å². The monoisotopic (exact) mass is 277 g/mol. The molecule has 0 bridgehead atoms. The van der Waals surface area contributed by atoms with E-state index in [1.807, 2.05) is 0 Å². The third-order valence-electron chi connectivity index (χ3n) is 3.92. The molecule has 2 heterocycles. The number of hydrogen-bond acceptors (Lipinski definition) is 4. The Labute approximate surface area is 122 Å². The normalized spacial score (nSPS) is 19.6. The lowest BCUT2D eigenvalue weighted by atomic mass is 9.95. The molecular formula is C16H27N3O. The van der Waals surface area contributed by atoms with Gasteiger partial charge in [-0.3, -0.25) is 0 Å². The lowest BCUT2D eigenvalue weighted by Gasteiger charge is -2.23. The summed E-state index contributed by atoms with van der Waals surface area (Å²) in [5.74, 6) is 2.77. The van der Waals surface area contributed by atoms with Crippen LogP contribution in [-0.2, 0) is 16.8 Å². The molecule has 2 rings (SSSR count). The van der Waals surface area contributed by atoms with Gasteiger partial charge in [0.25, 0.3) is 0 Å². The molecule has 20 heavy (non-hydrogen) atoms. The van der Waals surface area contributed by atoms with Gasteiger partial charge in [-0.05, 0) is 12.3 Å². The number of hydrogen-bond donors (Lipinski definition) is 0. The molecule has 0 spiro atoms. The fourth-order valence-corrected chi connectivity index (χ4v) is 2.58. The predicted molar refractivity (Wildman–Crippen MR) is 82.1 cm³/mol. The maximum absolute atomic E-state index is 5.25. The Bertz CT molecular complexity index is 454. The maximum atomic E-state index is 5.25. The predicted octanol–water partition coefficient (Wildman–Crippen LogP) is 3.16. The quantitative estimate of drug-likeness (QED) is 0.847. The van der Waals surface area contributed by atoms with Crippen molar-refractivity contribution >= 4 is 5.82 Å². The summed E-state index contributed by atoms with van der Waals surface area (Å²) >= 11 is 0. The number of aromatic nitrogens is 2. The standard InChI is InChI=1S/C16H27N3O/c1-6-12-7-8-19(10-12)14-9-13(11-20-5)17-15(18-14)16(2,3)4/h9,12H,6-8,10-11H2,1-5H3. The van der Waals surface area contributed by atoms with Gasteiger partial charge in [-0.1, -0.05) is 34.1 Å². The molecule has 0 N–H and O–H groups in total. The zero-order chi connectivity index (χ0) is 14.8. The topological polar surface area (TPSA) is 38.2 Å². The summed E-state index contributed by atoms with van der Waals surface area (Å²) < 4.78 is 5.25. The van der Waals surface area contributed by atoms with Gasteiger partial charge in [-0.25, -0.2) is 9.97 Å². The SMILES string of the molecule is CCC1CCN(c2cc(COC)nc(C(C)(C)C)n2)C1. The van der Waals surface area contributed by atoms with E-state index in [1.165, 1.54) is 12.8 Å². The van der Waals surface area contributed by atoms with Crippen LogP contribution in [0.2, 0.25) is 0 Å². The van der Waals surface area contributed by atoms with E-state index in [4.69, 9.17) is 9.72 Å². The van der Waals surface area contributed by atoms with E-state index in [-0.39, 0.29) is 5.41 Å². The number of rotatable bonds is 4. The lowest BCUT2D eigenvalue weighted by molar-refractivity contribution is 0.181. The van der Waals surface area contributed by atoms with Crippen molar-refractivity contribution in [3.8, 4) is 0 Å². The second-order valence-electron chi connectivity index (χ2n) is 6.73. The fraction of sp³-hybridized carbons (Fsp3) is 0.750. The van der Waals surface area contributed by atoms with Gasteiger partial charge in [0.1, 0.15) is 11.6 Å². The number of nitrogens with zero attached hydrogens (tertiary/aromatic N) is 3. The first-order valence-corrected chi connectivity index (χ1v) is 7.56. The van der Waals surface area contributed by atoms with Crippen LogP contribution in [0.15, 0.2) is 6.07 Å². The van der Waals surface area contributed by atoms with E-state index in [1.54, 1.807) is 7.11 Å². The number of ether oxygens (including phenoxy) is 1. The van der Waals surface area contributed by atoms with Crippen molar-refractivity contribution in [3.05, 3.63) is 17.6 Å². The van der Waals surface area contributed by atoms with Crippen LogP contribution in [0.1, 0.15) is 52.1 Å². The molecule has 0 aliphatic carbocycles. The minimum atomic E-state index is -0.0393. The first-order valence-electron chi connectivity index (χ1n) is 7.56. The van der Waals surface area contributed by atoms with Crippen LogP contribution in [0, 0.1) is 5.92 Å². The molecule has 1 aromatic heterocycles. The van der Waals surface area contributed by atoms with Crippen molar-refractivity contribution < 1.29 is 4.74 Å². The summed E-state index contributed by atoms with van der Waals surface area (Å²) in [6.45, 7) is 11.5. The van der Waals surface area contributed by atoms with Gasteiger partial charge >= 0.3 is 0 Å². The van der Waals surface area contributed by atoms with E-state index in [2.05, 4.69) is 43.6 Å². The summed E-state index contributed by atoms with van der Waals surface area (Å²) in [7, 11) is 1.71. The highest BCUT2D eigenvalue weighted by Crippen LogP contribution is 2.27. The Hall–Kier alpha value is -1.16. The number of anilines is 1. The largest absolute Gasteiger partial charge is 0.378 e. The van der Waals surface area contributed by atoms with E-state index < -0.39 is 0 Å². The molecule has 112 valence electrons. The van der Waals surface area contributed by atoms with Crippen LogP contribution < -0.4 is 4.90 Å². The van der Waals surface area contributed by atoms with E-state index in [0.717, 1.165) is 36.3 Å². The third-order valence-corrected chi connectivity index (χ3v) is 3.92. The van der Waals surface area contributed by atoms with Crippen LogP contribution in [0.5, 0.6) is 0 Å². The molecule has 1 atom stereocenters. The van der Waals surface area contributed by atoms with Crippen molar-refractivity contribution in [3.63, 3.8) is 0 Å². The zero-order valence-corrected chi connectivity index (χ0v) is 13.4. The smallest absolute Gasteiger partial charge is 0.136 e. The van der Waals surface area contributed by atoms with Gasteiger partial charge in [0.2, 0.25) is 0 Å². The Morgan fingerprint density at radius 1 is 1.35 bits per heavy atom. The highest BCUT2D eigenvalue weighted by Gasteiger charge is 2.25. The summed E-state index contributed by atoms with van der Waals surface area (Å²) in [4.78, 5) is 11.8. The molecule has 0 amide bonds. The molecule has 0 radical (unpaired) electrons. The van der Waals surface area contributed by atoms with Crippen LogP contribution in [0.4, 0.5) is 5.82 Å².